The highest BCUT2D eigenvalue weighted by molar-refractivity contribution is 5.43. The summed E-state index contributed by atoms with van der Waals surface area (Å²) in [6, 6.07) is 6.24. The molecule has 0 aliphatic rings. The molecule has 0 heterocycles. The average Bonchev–Trinajstić information content (AvgIpc) is 2.37. The normalized spacial score (nSPS) is 9.78. The Labute approximate surface area is 105 Å². The van der Waals surface area contributed by atoms with Crippen LogP contribution in [0.1, 0.15) is 18.9 Å². The van der Waals surface area contributed by atoms with Crippen LogP contribution in [0.4, 0.5) is 5.69 Å². The van der Waals surface area contributed by atoms with Crippen LogP contribution >= 0.6 is 0 Å². The standard InChI is InChI=1S/C12H15N3O3/c1-2-6-14-9-10-8-11(15(16)17)3-4-12(10)18-7-5-13/h3-4,8,14H,2,6-7,9H2,1H3. The third-order valence-corrected chi connectivity index (χ3v) is 2.29. The maximum Gasteiger partial charge on any atom is 0.270 e. The molecule has 0 fully saturated rings. The number of ether oxygens (including phenoxy) is 1. The zero-order valence-corrected chi connectivity index (χ0v) is 10.2. The van der Waals surface area contributed by atoms with Gasteiger partial charge in [-0.1, -0.05) is 6.92 Å². The summed E-state index contributed by atoms with van der Waals surface area (Å²) in [7, 11) is 0. The maximum atomic E-state index is 10.7. The predicted molar refractivity (Wildman–Crippen MR) is 66.2 cm³/mol. The summed E-state index contributed by atoms with van der Waals surface area (Å²) in [5.74, 6) is 0.505. The fourth-order valence-electron chi connectivity index (χ4n) is 1.47. The predicted octanol–water partition coefficient (Wildman–Crippen LogP) is 2.00. The molecule has 0 saturated heterocycles. The second-order valence-electron chi connectivity index (χ2n) is 3.67. The second kappa shape index (κ2) is 7.25. The van der Waals surface area contributed by atoms with Crippen LogP contribution in [0.2, 0.25) is 0 Å². The number of nitrogens with zero attached hydrogens (tertiary/aromatic N) is 2. The van der Waals surface area contributed by atoms with E-state index in [1.165, 1.54) is 18.2 Å². The highest BCUT2D eigenvalue weighted by Crippen LogP contribution is 2.24. The van der Waals surface area contributed by atoms with Gasteiger partial charge in [-0.25, -0.2) is 0 Å². The molecule has 6 heteroatoms. The molecule has 0 saturated carbocycles. The monoisotopic (exact) mass is 249 g/mol. The molecule has 1 aromatic rings. The topological polar surface area (TPSA) is 88.2 Å². The van der Waals surface area contributed by atoms with Crippen molar-refractivity contribution >= 4 is 5.69 Å². The number of benzene rings is 1. The van der Waals surface area contributed by atoms with Gasteiger partial charge in [-0.15, -0.1) is 0 Å². The first-order chi connectivity index (χ1) is 8.69. The van der Waals surface area contributed by atoms with E-state index in [9.17, 15) is 10.1 Å². The van der Waals surface area contributed by atoms with Crippen LogP contribution in [0.15, 0.2) is 18.2 Å². The van der Waals surface area contributed by atoms with E-state index in [0.29, 0.717) is 17.9 Å². The minimum Gasteiger partial charge on any atom is -0.478 e. The number of nitrogens with one attached hydrogen (secondary N) is 1. The second-order valence-corrected chi connectivity index (χ2v) is 3.67. The minimum atomic E-state index is -0.447. The Bertz CT molecular complexity index is 454. The maximum absolute atomic E-state index is 10.7. The SMILES string of the molecule is CCCNCc1cc([N+](=O)[O-])ccc1OCC#N. The first-order valence-electron chi connectivity index (χ1n) is 5.66. The van der Waals surface area contributed by atoms with E-state index in [4.69, 9.17) is 10.00 Å². The summed E-state index contributed by atoms with van der Waals surface area (Å²) < 4.78 is 5.23. The summed E-state index contributed by atoms with van der Waals surface area (Å²) in [4.78, 5) is 10.3. The Balaban J connectivity index is 2.87. The smallest absolute Gasteiger partial charge is 0.270 e. The molecule has 18 heavy (non-hydrogen) atoms. The van der Waals surface area contributed by atoms with Crippen LogP contribution in [-0.4, -0.2) is 18.1 Å². The molecule has 0 atom stereocenters. The van der Waals surface area contributed by atoms with E-state index in [1.54, 1.807) is 0 Å². The van der Waals surface area contributed by atoms with Gasteiger partial charge in [0, 0.05) is 24.2 Å². The molecule has 0 amide bonds. The minimum absolute atomic E-state index is 0.0209. The number of nitro benzene ring substituents is 1. The van der Waals surface area contributed by atoms with E-state index in [2.05, 4.69) is 5.32 Å². The fourth-order valence-corrected chi connectivity index (χ4v) is 1.47. The van der Waals surface area contributed by atoms with Crippen molar-refractivity contribution < 1.29 is 9.66 Å². The molecule has 1 N–H and O–H groups in total. The molecule has 96 valence electrons. The number of nitro groups is 1. The van der Waals surface area contributed by atoms with Crippen molar-refractivity contribution in [1.82, 2.24) is 5.32 Å². The van der Waals surface area contributed by atoms with Crippen molar-refractivity contribution in [2.45, 2.75) is 19.9 Å². The van der Waals surface area contributed by atoms with Crippen LogP contribution < -0.4 is 10.1 Å². The lowest BCUT2D eigenvalue weighted by Crippen LogP contribution is -2.15. The van der Waals surface area contributed by atoms with Gasteiger partial charge >= 0.3 is 0 Å². The third kappa shape index (κ3) is 4.03. The van der Waals surface area contributed by atoms with Gasteiger partial charge in [0.05, 0.1) is 4.92 Å². The largest absolute Gasteiger partial charge is 0.478 e. The van der Waals surface area contributed by atoms with E-state index in [-0.39, 0.29) is 12.3 Å². The van der Waals surface area contributed by atoms with Crippen molar-refractivity contribution in [3.05, 3.63) is 33.9 Å². The Morgan fingerprint density at radius 1 is 1.56 bits per heavy atom. The number of non-ortho nitro benzene ring substituents is 1. The molecule has 0 aliphatic carbocycles. The van der Waals surface area contributed by atoms with E-state index < -0.39 is 4.92 Å². The van der Waals surface area contributed by atoms with Crippen LogP contribution in [0, 0.1) is 21.4 Å². The highest BCUT2D eigenvalue weighted by Gasteiger charge is 2.11. The molecule has 0 radical (unpaired) electrons. The lowest BCUT2D eigenvalue weighted by Gasteiger charge is -2.09. The van der Waals surface area contributed by atoms with Gasteiger partial charge in [0.1, 0.15) is 11.8 Å². The van der Waals surface area contributed by atoms with E-state index >= 15 is 0 Å². The van der Waals surface area contributed by atoms with Gasteiger partial charge in [0.25, 0.3) is 5.69 Å². The Kier molecular flexibility index (Phi) is 5.61. The molecule has 0 unspecified atom stereocenters. The Morgan fingerprint density at radius 3 is 2.94 bits per heavy atom. The van der Waals surface area contributed by atoms with Gasteiger partial charge < -0.3 is 10.1 Å². The van der Waals surface area contributed by atoms with Crippen molar-refractivity contribution in [2.75, 3.05) is 13.2 Å². The molecular weight excluding hydrogens is 234 g/mol. The summed E-state index contributed by atoms with van der Waals surface area (Å²) in [6.07, 6.45) is 0.976. The molecule has 0 bridgehead atoms. The van der Waals surface area contributed by atoms with Crippen LogP contribution in [0.25, 0.3) is 0 Å². The Morgan fingerprint density at radius 2 is 2.33 bits per heavy atom. The molecular formula is C12H15N3O3. The van der Waals surface area contributed by atoms with Crippen molar-refractivity contribution in [2.24, 2.45) is 0 Å². The number of rotatable bonds is 7. The zero-order chi connectivity index (χ0) is 13.4. The lowest BCUT2D eigenvalue weighted by molar-refractivity contribution is -0.384. The molecule has 1 rings (SSSR count). The van der Waals surface area contributed by atoms with E-state index in [1.807, 2.05) is 13.0 Å². The number of nitriles is 1. The molecule has 0 spiro atoms. The molecule has 6 nitrogen and oxygen atoms in total. The van der Waals surface area contributed by atoms with E-state index in [0.717, 1.165) is 13.0 Å². The van der Waals surface area contributed by atoms with Crippen LogP contribution in [0.5, 0.6) is 5.75 Å². The number of hydrogen-bond donors (Lipinski definition) is 1. The van der Waals surface area contributed by atoms with Gasteiger partial charge in [-0.3, -0.25) is 10.1 Å². The molecule has 0 aromatic heterocycles. The van der Waals surface area contributed by atoms with Crippen molar-refractivity contribution in [3.63, 3.8) is 0 Å². The van der Waals surface area contributed by atoms with Crippen LogP contribution in [0.3, 0.4) is 0 Å². The van der Waals surface area contributed by atoms with Gasteiger partial charge in [0.15, 0.2) is 6.61 Å². The summed E-state index contributed by atoms with van der Waals surface area (Å²) in [5.41, 5.74) is 0.709. The lowest BCUT2D eigenvalue weighted by atomic mass is 10.1. The summed E-state index contributed by atoms with van der Waals surface area (Å²) in [5, 5.41) is 22.3. The third-order valence-electron chi connectivity index (χ3n) is 2.29. The molecule has 0 aliphatic heterocycles. The number of hydrogen-bond acceptors (Lipinski definition) is 5. The quantitative estimate of drug-likeness (QED) is 0.453. The Hall–Kier alpha value is -2.13. The average molecular weight is 249 g/mol. The van der Waals surface area contributed by atoms with Gasteiger partial charge in [-0.2, -0.15) is 5.26 Å². The van der Waals surface area contributed by atoms with Gasteiger partial charge in [0.2, 0.25) is 0 Å². The summed E-state index contributed by atoms with van der Waals surface area (Å²) in [6.45, 7) is 3.27. The first kappa shape index (κ1) is 13.9. The fraction of sp³-hybridized carbons (Fsp3) is 0.417. The van der Waals surface area contributed by atoms with Crippen molar-refractivity contribution in [1.29, 1.82) is 5.26 Å². The van der Waals surface area contributed by atoms with Crippen LogP contribution in [-0.2, 0) is 6.54 Å². The van der Waals surface area contributed by atoms with Gasteiger partial charge in [-0.05, 0) is 19.0 Å². The summed E-state index contributed by atoms with van der Waals surface area (Å²) >= 11 is 0. The van der Waals surface area contributed by atoms with Crippen molar-refractivity contribution in [3.8, 4) is 11.8 Å². The molecule has 1 aromatic carbocycles. The zero-order valence-electron chi connectivity index (χ0n) is 10.2. The highest BCUT2D eigenvalue weighted by atomic mass is 16.6. The first-order valence-corrected chi connectivity index (χ1v) is 5.66.